The third-order valence-corrected chi connectivity index (χ3v) is 3.68. The molecule has 0 fully saturated rings. The molecule has 0 aliphatic rings. The van der Waals surface area contributed by atoms with E-state index < -0.39 is 0 Å². The molecule has 94 valence electrons. The Kier molecular flexibility index (Phi) is 3.25. The fourth-order valence-corrected chi connectivity index (χ4v) is 2.61. The number of allylic oxidation sites excluding steroid dienone is 1. The van der Waals surface area contributed by atoms with Crippen LogP contribution in [0.5, 0.6) is 0 Å². The molecule has 1 aromatic carbocycles. The third-order valence-electron chi connectivity index (χ3n) is 2.86. The van der Waals surface area contributed by atoms with E-state index in [9.17, 15) is 4.79 Å². The van der Waals surface area contributed by atoms with E-state index in [0.717, 1.165) is 10.4 Å². The quantitative estimate of drug-likeness (QED) is 0.731. The molecule has 0 unspecified atom stereocenters. The molecule has 3 rings (SSSR count). The van der Waals surface area contributed by atoms with E-state index in [1.807, 2.05) is 53.9 Å². The van der Waals surface area contributed by atoms with Gasteiger partial charge in [0, 0.05) is 6.54 Å². The minimum absolute atomic E-state index is 0.0176. The van der Waals surface area contributed by atoms with Gasteiger partial charge in [0.1, 0.15) is 4.83 Å². The van der Waals surface area contributed by atoms with Crippen molar-refractivity contribution in [3.63, 3.8) is 0 Å². The summed E-state index contributed by atoms with van der Waals surface area (Å²) in [5.41, 5.74) is 1.14. The van der Waals surface area contributed by atoms with Crippen LogP contribution in [0, 0.1) is 0 Å². The summed E-state index contributed by atoms with van der Waals surface area (Å²) in [6, 6.07) is 11.8. The lowest BCUT2D eigenvalue weighted by molar-refractivity contribution is 0.770. The van der Waals surface area contributed by atoms with Gasteiger partial charge in [-0.25, -0.2) is 4.98 Å². The molecule has 0 spiro atoms. The molecule has 19 heavy (non-hydrogen) atoms. The van der Waals surface area contributed by atoms with Crippen molar-refractivity contribution in [1.29, 1.82) is 0 Å². The maximum absolute atomic E-state index is 12.1. The second kappa shape index (κ2) is 5.20. The number of hydrogen-bond donors (Lipinski definition) is 0. The van der Waals surface area contributed by atoms with Gasteiger partial charge < -0.3 is 0 Å². The van der Waals surface area contributed by atoms with Gasteiger partial charge in [-0.05, 0) is 17.0 Å². The lowest BCUT2D eigenvalue weighted by Crippen LogP contribution is -2.18. The molecule has 2 aromatic heterocycles. The number of thiophene rings is 1. The Labute approximate surface area is 114 Å². The molecule has 0 bridgehead atoms. The number of rotatable bonds is 3. The molecule has 0 aliphatic carbocycles. The van der Waals surface area contributed by atoms with Gasteiger partial charge in [0.25, 0.3) is 5.56 Å². The highest BCUT2D eigenvalue weighted by Gasteiger charge is 2.03. The number of benzene rings is 1. The van der Waals surface area contributed by atoms with Crippen molar-refractivity contribution in [2.75, 3.05) is 0 Å². The average molecular weight is 268 g/mol. The molecule has 0 atom stereocenters. The van der Waals surface area contributed by atoms with Crippen LogP contribution in [0.15, 0.2) is 59.0 Å². The van der Waals surface area contributed by atoms with Crippen LogP contribution in [0.3, 0.4) is 0 Å². The van der Waals surface area contributed by atoms with Crippen LogP contribution in [-0.4, -0.2) is 9.55 Å². The van der Waals surface area contributed by atoms with E-state index in [1.54, 1.807) is 10.9 Å². The van der Waals surface area contributed by atoms with Crippen LogP contribution < -0.4 is 5.56 Å². The highest BCUT2D eigenvalue weighted by Crippen LogP contribution is 2.13. The predicted molar refractivity (Wildman–Crippen MR) is 79.4 cm³/mol. The largest absolute Gasteiger partial charge is 0.295 e. The van der Waals surface area contributed by atoms with Crippen LogP contribution in [0.25, 0.3) is 16.3 Å². The molecule has 2 heterocycles. The fraction of sp³-hybridized carbons (Fsp3) is 0.0667. The standard InChI is InChI=1S/C15H12N2OS/c18-15-13-8-10-19-14(13)16-11-17(15)9-4-7-12-5-2-1-3-6-12/h1-8,10-11H,9H2/b7-4+. The van der Waals surface area contributed by atoms with Gasteiger partial charge in [-0.3, -0.25) is 9.36 Å². The van der Waals surface area contributed by atoms with Crippen molar-refractivity contribution >= 4 is 27.6 Å². The number of nitrogens with zero attached hydrogens (tertiary/aromatic N) is 2. The number of fused-ring (bicyclic) bond motifs is 1. The first kappa shape index (κ1) is 11.9. The highest BCUT2D eigenvalue weighted by atomic mass is 32.1. The zero-order valence-electron chi connectivity index (χ0n) is 10.2. The van der Waals surface area contributed by atoms with Gasteiger partial charge in [-0.2, -0.15) is 0 Å². The Hall–Kier alpha value is -2.20. The number of aromatic nitrogens is 2. The van der Waals surface area contributed by atoms with Gasteiger partial charge >= 0.3 is 0 Å². The second-order valence-corrected chi connectivity index (χ2v) is 5.05. The van der Waals surface area contributed by atoms with Crippen molar-refractivity contribution in [3.05, 3.63) is 70.1 Å². The van der Waals surface area contributed by atoms with E-state index in [4.69, 9.17) is 0 Å². The monoisotopic (exact) mass is 268 g/mol. The average Bonchev–Trinajstić information content (AvgIpc) is 2.92. The molecule has 0 saturated carbocycles. The topological polar surface area (TPSA) is 34.9 Å². The maximum atomic E-state index is 12.1. The summed E-state index contributed by atoms with van der Waals surface area (Å²) in [6.45, 7) is 0.534. The Morgan fingerprint density at radius 1 is 1.21 bits per heavy atom. The first-order valence-electron chi connectivity index (χ1n) is 5.99. The molecule has 3 aromatic rings. The summed E-state index contributed by atoms with van der Waals surface area (Å²) in [4.78, 5) is 17.2. The van der Waals surface area contributed by atoms with Crippen LogP contribution >= 0.6 is 11.3 Å². The Morgan fingerprint density at radius 2 is 2.05 bits per heavy atom. The van der Waals surface area contributed by atoms with Gasteiger partial charge in [0.2, 0.25) is 0 Å². The Morgan fingerprint density at radius 3 is 2.89 bits per heavy atom. The zero-order chi connectivity index (χ0) is 13.1. The smallest absolute Gasteiger partial charge is 0.262 e. The van der Waals surface area contributed by atoms with Gasteiger partial charge in [-0.1, -0.05) is 42.5 Å². The Balaban J connectivity index is 1.84. The first-order chi connectivity index (χ1) is 9.34. The van der Waals surface area contributed by atoms with Crippen LogP contribution in [0.2, 0.25) is 0 Å². The first-order valence-corrected chi connectivity index (χ1v) is 6.87. The summed E-state index contributed by atoms with van der Waals surface area (Å²) in [5, 5.41) is 2.59. The number of hydrogen-bond acceptors (Lipinski definition) is 3. The fourth-order valence-electron chi connectivity index (χ4n) is 1.89. The summed E-state index contributed by atoms with van der Waals surface area (Å²) < 4.78 is 1.62. The van der Waals surface area contributed by atoms with Gasteiger partial charge in [-0.15, -0.1) is 11.3 Å². The normalized spacial score (nSPS) is 11.4. The summed E-state index contributed by atoms with van der Waals surface area (Å²) >= 11 is 1.49. The molecule has 0 N–H and O–H groups in total. The van der Waals surface area contributed by atoms with Crippen molar-refractivity contribution in [3.8, 4) is 0 Å². The molecule has 0 amide bonds. The zero-order valence-corrected chi connectivity index (χ0v) is 11.0. The SMILES string of the molecule is O=c1c2ccsc2ncn1C/C=C/c1ccccc1. The van der Waals surface area contributed by atoms with Crippen molar-refractivity contribution in [2.45, 2.75) is 6.54 Å². The van der Waals surface area contributed by atoms with E-state index in [0.29, 0.717) is 11.9 Å². The van der Waals surface area contributed by atoms with Gasteiger partial charge in [0.15, 0.2) is 0 Å². The molecule has 0 saturated heterocycles. The summed E-state index contributed by atoms with van der Waals surface area (Å²) in [5.74, 6) is 0. The summed E-state index contributed by atoms with van der Waals surface area (Å²) in [7, 11) is 0. The molecular weight excluding hydrogens is 256 g/mol. The minimum Gasteiger partial charge on any atom is -0.295 e. The van der Waals surface area contributed by atoms with Crippen molar-refractivity contribution in [2.24, 2.45) is 0 Å². The molecule has 4 heteroatoms. The molecule has 0 aliphatic heterocycles. The highest BCUT2D eigenvalue weighted by molar-refractivity contribution is 7.16. The van der Waals surface area contributed by atoms with Gasteiger partial charge in [0.05, 0.1) is 11.7 Å². The Bertz CT molecular complexity index is 771. The lowest BCUT2D eigenvalue weighted by atomic mass is 10.2. The van der Waals surface area contributed by atoms with Crippen LogP contribution in [0.4, 0.5) is 0 Å². The second-order valence-electron chi connectivity index (χ2n) is 4.15. The van der Waals surface area contributed by atoms with Crippen LogP contribution in [0.1, 0.15) is 5.56 Å². The van der Waals surface area contributed by atoms with E-state index in [1.165, 1.54) is 11.3 Å². The third kappa shape index (κ3) is 2.48. The van der Waals surface area contributed by atoms with Crippen molar-refractivity contribution in [1.82, 2.24) is 9.55 Å². The predicted octanol–water partition coefficient (Wildman–Crippen LogP) is 3.17. The van der Waals surface area contributed by atoms with Crippen LogP contribution in [-0.2, 0) is 6.54 Å². The minimum atomic E-state index is 0.0176. The van der Waals surface area contributed by atoms with E-state index in [-0.39, 0.29) is 5.56 Å². The lowest BCUT2D eigenvalue weighted by Gasteiger charge is -2.00. The summed E-state index contributed by atoms with van der Waals surface area (Å²) in [6.07, 6.45) is 5.58. The molecular formula is C15H12N2OS. The molecule has 0 radical (unpaired) electrons. The van der Waals surface area contributed by atoms with E-state index >= 15 is 0 Å². The van der Waals surface area contributed by atoms with Crippen molar-refractivity contribution < 1.29 is 0 Å². The van der Waals surface area contributed by atoms with E-state index in [2.05, 4.69) is 4.98 Å². The molecule has 3 nitrogen and oxygen atoms in total. The maximum Gasteiger partial charge on any atom is 0.262 e.